The molecular formula is C30H41FN2O4S. The van der Waals surface area contributed by atoms with Gasteiger partial charge in [-0.15, -0.1) is 0 Å². The maximum atomic E-state index is 14.1. The number of aryl methyl sites for hydroxylation is 1. The molecule has 0 amide bonds. The number of aromatic nitrogens is 1. The molecule has 208 valence electrons. The third-order valence-electron chi connectivity index (χ3n) is 7.39. The molecule has 4 rings (SSSR count). The van der Waals surface area contributed by atoms with Crippen molar-refractivity contribution in [3.05, 3.63) is 35.2 Å². The first-order chi connectivity index (χ1) is 17.6. The zero-order valence-electron chi connectivity index (χ0n) is 23.3. The van der Waals surface area contributed by atoms with E-state index in [9.17, 15) is 17.6 Å². The molecular weight excluding hydrogens is 503 g/mol. The van der Waals surface area contributed by atoms with Crippen molar-refractivity contribution < 1.29 is 22.3 Å². The minimum absolute atomic E-state index is 0.0617. The molecule has 0 bridgehead atoms. The second kappa shape index (κ2) is 10.7. The van der Waals surface area contributed by atoms with E-state index in [4.69, 9.17) is 15.1 Å². The molecule has 1 aromatic carbocycles. The first-order valence-electron chi connectivity index (χ1n) is 13.8. The molecule has 1 saturated carbocycles. The number of nitrogens with one attached hydrogen (secondary N) is 1. The average Bonchev–Trinajstić information content (AvgIpc) is 3.65. The fourth-order valence-electron chi connectivity index (χ4n) is 5.30. The summed E-state index contributed by atoms with van der Waals surface area (Å²) in [6, 6.07) is 3.73. The molecule has 1 fully saturated rings. The molecule has 0 saturated heterocycles. The van der Waals surface area contributed by atoms with E-state index < -0.39 is 21.5 Å². The number of hydrogen-bond acceptors (Lipinski definition) is 6. The minimum Gasteiger partial charge on any atom is -0.461 e. The predicted molar refractivity (Wildman–Crippen MR) is 149 cm³/mol. The molecule has 1 atom stereocenters. The Bertz CT molecular complexity index is 1330. The molecule has 1 N–H and O–H groups in total. The van der Waals surface area contributed by atoms with Crippen LogP contribution in [0.1, 0.15) is 108 Å². The fraction of sp³-hybridized carbons (Fsp3) is 0.633. The van der Waals surface area contributed by atoms with Crippen LogP contribution in [-0.4, -0.2) is 43.1 Å². The number of ether oxygens (including phenoxy) is 1. The number of fused-ring (bicyclic) bond motifs is 3. The van der Waals surface area contributed by atoms with Gasteiger partial charge in [0.2, 0.25) is 0 Å². The maximum absolute atomic E-state index is 14.1. The van der Waals surface area contributed by atoms with Crippen LogP contribution >= 0.6 is 0 Å². The summed E-state index contributed by atoms with van der Waals surface area (Å²) in [5.41, 5.74) is 1.18. The van der Waals surface area contributed by atoms with Gasteiger partial charge in [-0.3, -0.25) is 10.4 Å². The van der Waals surface area contributed by atoms with Crippen LogP contribution in [0.25, 0.3) is 10.8 Å². The van der Waals surface area contributed by atoms with Gasteiger partial charge in [-0.25, -0.2) is 17.6 Å². The van der Waals surface area contributed by atoms with E-state index in [0.29, 0.717) is 16.2 Å². The highest BCUT2D eigenvalue weighted by Gasteiger charge is 2.32. The van der Waals surface area contributed by atoms with E-state index in [-0.39, 0.29) is 48.7 Å². The lowest BCUT2D eigenvalue weighted by molar-refractivity contribution is -0.138. The van der Waals surface area contributed by atoms with E-state index in [1.54, 1.807) is 12.3 Å². The van der Waals surface area contributed by atoms with Gasteiger partial charge in [0.05, 0.1) is 17.3 Å². The lowest BCUT2D eigenvalue weighted by Crippen LogP contribution is -2.25. The zero-order chi connectivity index (χ0) is 27.9. The maximum Gasteiger partial charge on any atom is 0.351 e. The molecule has 2 aliphatic rings. The van der Waals surface area contributed by atoms with Crippen LogP contribution in [0.3, 0.4) is 0 Å². The standard InChI is InChI=1S/C30H41FN2O4S/c1-29(2,3)18-37-28(34)24(32)14-20-8-6-9-21-15-26(38(35,36)13-7-12-30(4,5)31)22-16-25(19-10-11-19)33-17-23(22)27(20)21/h15-17,19-20,32H,6-14,18H2,1-5H3. The van der Waals surface area contributed by atoms with Crippen molar-refractivity contribution in [1.29, 1.82) is 5.41 Å². The molecule has 0 radical (unpaired) electrons. The second-order valence-corrected chi connectivity index (χ2v) is 15.0. The largest absolute Gasteiger partial charge is 0.461 e. The summed E-state index contributed by atoms with van der Waals surface area (Å²) in [6.07, 6.45) is 6.95. The van der Waals surface area contributed by atoms with Gasteiger partial charge >= 0.3 is 5.97 Å². The lowest BCUT2D eigenvalue weighted by atomic mass is 9.78. The van der Waals surface area contributed by atoms with Crippen molar-refractivity contribution >= 4 is 32.3 Å². The molecule has 6 nitrogen and oxygen atoms in total. The van der Waals surface area contributed by atoms with Crippen LogP contribution < -0.4 is 0 Å². The van der Waals surface area contributed by atoms with Crippen LogP contribution in [0.5, 0.6) is 0 Å². The Morgan fingerprint density at radius 3 is 2.47 bits per heavy atom. The lowest BCUT2D eigenvalue weighted by Gasteiger charge is -2.28. The third kappa shape index (κ3) is 6.99. The van der Waals surface area contributed by atoms with Crippen molar-refractivity contribution in [3.63, 3.8) is 0 Å². The molecule has 0 aliphatic heterocycles. The summed E-state index contributed by atoms with van der Waals surface area (Å²) in [4.78, 5) is 17.6. The van der Waals surface area contributed by atoms with Crippen molar-refractivity contribution in [1.82, 2.24) is 4.98 Å². The third-order valence-corrected chi connectivity index (χ3v) is 9.22. The Kier molecular flexibility index (Phi) is 8.04. The summed E-state index contributed by atoms with van der Waals surface area (Å²) in [6.45, 7) is 9.10. The van der Waals surface area contributed by atoms with E-state index in [0.717, 1.165) is 54.3 Å². The SMILES string of the molecule is CC(C)(C)COC(=O)C(=N)CC1CCCc2cc(S(=O)(=O)CCCC(C)(C)F)c3cc(C4CC4)ncc3c21. The summed E-state index contributed by atoms with van der Waals surface area (Å²) in [5, 5.41) is 9.89. The van der Waals surface area contributed by atoms with Gasteiger partial charge in [-0.1, -0.05) is 20.8 Å². The summed E-state index contributed by atoms with van der Waals surface area (Å²) >= 11 is 0. The average molecular weight is 545 g/mol. The Labute approximate surface area is 226 Å². The molecule has 1 unspecified atom stereocenters. The summed E-state index contributed by atoms with van der Waals surface area (Å²) in [7, 11) is -3.65. The first-order valence-corrected chi connectivity index (χ1v) is 15.4. The second-order valence-electron chi connectivity index (χ2n) is 12.9. The molecule has 38 heavy (non-hydrogen) atoms. The number of rotatable bonds is 10. The van der Waals surface area contributed by atoms with Gasteiger partial charge in [0.25, 0.3) is 0 Å². The molecule has 2 aliphatic carbocycles. The van der Waals surface area contributed by atoms with Crippen LogP contribution in [0.4, 0.5) is 4.39 Å². The Hall–Kier alpha value is -2.35. The molecule has 1 heterocycles. The van der Waals surface area contributed by atoms with Crippen molar-refractivity contribution in [2.45, 2.75) is 108 Å². The van der Waals surface area contributed by atoms with E-state index in [1.165, 1.54) is 13.8 Å². The summed E-state index contributed by atoms with van der Waals surface area (Å²) in [5.74, 6) is -0.433. The van der Waals surface area contributed by atoms with Gasteiger partial charge in [0.1, 0.15) is 11.4 Å². The van der Waals surface area contributed by atoms with Gasteiger partial charge in [-0.05, 0) is 93.4 Å². The number of pyridine rings is 1. The molecule has 0 spiro atoms. The monoisotopic (exact) mass is 544 g/mol. The highest BCUT2D eigenvalue weighted by molar-refractivity contribution is 7.91. The number of nitrogens with zero attached hydrogens (tertiary/aromatic N) is 1. The number of sulfone groups is 1. The molecule has 8 heteroatoms. The number of alkyl halides is 1. The van der Waals surface area contributed by atoms with Gasteiger partial charge in [-0.2, -0.15) is 0 Å². The minimum atomic E-state index is -3.65. The fourth-order valence-corrected chi connectivity index (χ4v) is 6.87. The highest BCUT2D eigenvalue weighted by Crippen LogP contribution is 2.44. The van der Waals surface area contributed by atoms with Crippen LogP contribution in [0.15, 0.2) is 23.2 Å². The number of halogens is 1. The topological polar surface area (TPSA) is 97.2 Å². The molecule has 2 aromatic rings. The number of esters is 1. The number of carbonyl (C=O) groups is 1. The van der Waals surface area contributed by atoms with Crippen molar-refractivity contribution in [2.24, 2.45) is 5.41 Å². The van der Waals surface area contributed by atoms with Gasteiger partial charge in [0, 0.05) is 35.0 Å². The van der Waals surface area contributed by atoms with Crippen molar-refractivity contribution in [2.75, 3.05) is 12.4 Å². The molecule has 1 aromatic heterocycles. The van der Waals surface area contributed by atoms with E-state index in [2.05, 4.69) is 0 Å². The van der Waals surface area contributed by atoms with Crippen LogP contribution in [-0.2, 0) is 25.8 Å². The van der Waals surface area contributed by atoms with Gasteiger partial charge in [0.15, 0.2) is 9.84 Å². The normalized spacial score (nSPS) is 18.3. The van der Waals surface area contributed by atoms with Crippen LogP contribution in [0, 0.1) is 10.8 Å². The van der Waals surface area contributed by atoms with Crippen molar-refractivity contribution in [3.8, 4) is 0 Å². The smallest absolute Gasteiger partial charge is 0.351 e. The Morgan fingerprint density at radius 2 is 1.84 bits per heavy atom. The summed E-state index contributed by atoms with van der Waals surface area (Å²) < 4.78 is 46.6. The van der Waals surface area contributed by atoms with Crippen LogP contribution in [0.2, 0.25) is 0 Å². The number of benzene rings is 1. The number of hydrogen-bond donors (Lipinski definition) is 1. The van der Waals surface area contributed by atoms with Gasteiger partial charge < -0.3 is 4.74 Å². The Balaban J connectivity index is 1.70. The quantitative estimate of drug-likeness (QED) is 0.261. The Morgan fingerprint density at radius 1 is 1.13 bits per heavy atom. The van der Waals surface area contributed by atoms with E-state index >= 15 is 0 Å². The zero-order valence-corrected chi connectivity index (χ0v) is 24.1. The predicted octanol–water partition coefficient (Wildman–Crippen LogP) is 6.83. The van der Waals surface area contributed by atoms with E-state index in [1.807, 2.05) is 26.8 Å². The highest BCUT2D eigenvalue weighted by atomic mass is 32.2. The first kappa shape index (κ1) is 28.7. The number of carbonyl (C=O) groups excluding carboxylic acids is 1.